The summed E-state index contributed by atoms with van der Waals surface area (Å²) < 4.78 is 10.5. The zero-order chi connectivity index (χ0) is 18.7. The first kappa shape index (κ1) is 18.4. The molecule has 1 N–H and O–H groups in total. The molecule has 0 atom stereocenters. The summed E-state index contributed by atoms with van der Waals surface area (Å²) in [4.78, 5) is 18.6. The van der Waals surface area contributed by atoms with Crippen LogP contribution in [-0.2, 0) is 6.54 Å². The van der Waals surface area contributed by atoms with E-state index < -0.39 is 0 Å². The Morgan fingerprint density at radius 2 is 2.15 bits per heavy atom. The summed E-state index contributed by atoms with van der Waals surface area (Å²) in [7, 11) is 1.50. The van der Waals surface area contributed by atoms with Crippen LogP contribution < -0.4 is 10.1 Å². The third-order valence-corrected chi connectivity index (χ3v) is 4.97. The molecule has 2 aromatic heterocycles. The number of benzene rings is 1. The van der Waals surface area contributed by atoms with Gasteiger partial charge in [-0.3, -0.25) is 4.79 Å². The predicted molar refractivity (Wildman–Crippen MR) is 101 cm³/mol. The van der Waals surface area contributed by atoms with Crippen LogP contribution in [0.4, 0.5) is 0 Å². The molecule has 0 aliphatic rings. The monoisotopic (exact) mass is 391 g/mol. The first-order valence-corrected chi connectivity index (χ1v) is 9.21. The van der Waals surface area contributed by atoms with E-state index in [1.807, 2.05) is 26.0 Å². The summed E-state index contributed by atoms with van der Waals surface area (Å²) in [6.07, 6.45) is 0. The summed E-state index contributed by atoms with van der Waals surface area (Å²) in [6.45, 7) is 4.41. The average Bonchev–Trinajstić information content (AvgIpc) is 3.28. The van der Waals surface area contributed by atoms with Gasteiger partial charge in [0.15, 0.2) is 5.82 Å². The molecule has 0 spiro atoms. The summed E-state index contributed by atoms with van der Waals surface area (Å²) >= 11 is 7.42. The largest absolute Gasteiger partial charge is 0.496 e. The molecule has 8 heteroatoms. The lowest BCUT2D eigenvalue weighted by Gasteiger charge is -2.09. The second kappa shape index (κ2) is 7.88. The number of ether oxygens (including phenoxy) is 1. The highest BCUT2D eigenvalue weighted by atomic mass is 35.5. The van der Waals surface area contributed by atoms with E-state index in [2.05, 4.69) is 15.5 Å². The Balaban J connectivity index is 1.67. The number of carbonyl (C=O) groups excluding carboxylic acids is 1. The van der Waals surface area contributed by atoms with Crippen LogP contribution in [0, 0.1) is 0 Å². The van der Waals surface area contributed by atoms with Gasteiger partial charge in [0.1, 0.15) is 5.75 Å². The van der Waals surface area contributed by atoms with Crippen LogP contribution >= 0.6 is 22.9 Å². The Morgan fingerprint density at radius 3 is 2.85 bits per heavy atom. The van der Waals surface area contributed by atoms with Crippen molar-refractivity contribution in [3.63, 3.8) is 0 Å². The van der Waals surface area contributed by atoms with E-state index in [9.17, 15) is 4.79 Å². The molecule has 6 nitrogen and oxygen atoms in total. The van der Waals surface area contributed by atoms with Crippen molar-refractivity contribution in [2.75, 3.05) is 7.11 Å². The molecule has 0 aliphatic heterocycles. The molecular formula is C18H18ClN3O3S. The molecule has 1 amide bonds. The minimum atomic E-state index is -0.228. The third-order valence-electron chi connectivity index (χ3n) is 3.66. The van der Waals surface area contributed by atoms with Gasteiger partial charge in [0.05, 0.1) is 24.1 Å². The normalized spacial score (nSPS) is 11.0. The topological polar surface area (TPSA) is 77.2 Å². The van der Waals surface area contributed by atoms with Gasteiger partial charge < -0.3 is 14.6 Å². The van der Waals surface area contributed by atoms with Crippen molar-refractivity contribution in [3.05, 3.63) is 51.6 Å². The predicted octanol–water partition coefficient (Wildman–Crippen LogP) is 4.51. The molecule has 136 valence electrons. The van der Waals surface area contributed by atoms with E-state index in [-0.39, 0.29) is 11.8 Å². The molecule has 26 heavy (non-hydrogen) atoms. The maximum absolute atomic E-state index is 12.4. The van der Waals surface area contributed by atoms with Crippen molar-refractivity contribution in [1.82, 2.24) is 15.5 Å². The molecular weight excluding hydrogens is 374 g/mol. The standard InChI is InChI=1S/C18H18ClN3O3S/c1-10(2)16-21-18(25-22-16)15-7-5-12(26-15)9-20-17(23)13-6-4-11(19)8-14(13)24-3/h4-8,10H,9H2,1-3H3,(H,20,23). The minimum Gasteiger partial charge on any atom is -0.496 e. The summed E-state index contributed by atoms with van der Waals surface area (Å²) in [5.74, 6) is 1.59. The maximum Gasteiger partial charge on any atom is 0.268 e. The fourth-order valence-corrected chi connectivity index (χ4v) is 3.30. The van der Waals surface area contributed by atoms with Crippen molar-refractivity contribution in [1.29, 1.82) is 0 Å². The van der Waals surface area contributed by atoms with Gasteiger partial charge >= 0.3 is 0 Å². The Kier molecular flexibility index (Phi) is 5.58. The lowest BCUT2D eigenvalue weighted by Crippen LogP contribution is -2.22. The van der Waals surface area contributed by atoms with Gasteiger partial charge in [0.2, 0.25) is 0 Å². The van der Waals surface area contributed by atoms with Gasteiger partial charge in [-0.15, -0.1) is 11.3 Å². The van der Waals surface area contributed by atoms with Crippen LogP contribution in [0.25, 0.3) is 10.8 Å². The van der Waals surface area contributed by atoms with Crippen molar-refractivity contribution < 1.29 is 14.1 Å². The molecule has 0 saturated carbocycles. The van der Waals surface area contributed by atoms with E-state index in [0.29, 0.717) is 34.6 Å². The van der Waals surface area contributed by atoms with Crippen LogP contribution in [0.5, 0.6) is 5.75 Å². The Morgan fingerprint density at radius 1 is 1.35 bits per heavy atom. The molecule has 2 heterocycles. The second-order valence-corrected chi connectivity index (χ2v) is 7.51. The SMILES string of the molecule is COc1cc(Cl)ccc1C(=O)NCc1ccc(-c2nc(C(C)C)no2)s1. The number of thiophene rings is 1. The van der Waals surface area contributed by atoms with Crippen LogP contribution in [0.1, 0.15) is 40.8 Å². The van der Waals surface area contributed by atoms with E-state index in [4.69, 9.17) is 20.9 Å². The maximum atomic E-state index is 12.4. The van der Waals surface area contributed by atoms with Crippen molar-refractivity contribution in [3.8, 4) is 16.5 Å². The number of carbonyl (C=O) groups is 1. The minimum absolute atomic E-state index is 0.209. The lowest BCUT2D eigenvalue weighted by atomic mass is 10.2. The second-order valence-electron chi connectivity index (χ2n) is 5.91. The zero-order valence-corrected chi connectivity index (χ0v) is 16.1. The Labute approximate surface area is 160 Å². The van der Waals surface area contributed by atoms with Gasteiger partial charge in [-0.1, -0.05) is 30.6 Å². The summed E-state index contributed by atoms with van der Waals surface area (Å²) in [5, 5.41) is 7.36. The van der Waals surface area contributed by atoms with Crippen LogP contribution in [0.3, 0.4) is 0 Å². The zero-order valence-electron chi connectivity index (χ0n) is 14.6. The molecule has 3 aromatic rings. The number of rotatable bonds is 6. The summed E-state index contributed by atoms with van der Waals surface area (Å²) in [6, 6.07) is 8.75. The van der Waals surface area contributed by atoms with Gasteiger partial charge in [-0.05, 0) is 30.3 Å². The van der Waals surface area contributed by atoms with Crippen LogP contribution in [0.15, 0.2) is 34.9 Å². The Bertz CT molecular complexity index is 920. The quantitative estimate of drug-likeness (QED) is 0.668. The average molecular weight is 392 g/mol. The van der Waals surface area contributed by atoms with Crippen LogP contribution in [-0.4, -0.2) is 23.2 Å². The number of nitrogens with one attached hydrogen (secondary N) is 1. The van der Waals surface area contributed by atoms with Gasteiger partial charge in [0.25, 0.3) is 11.8 Å². The first-order chi connectivity index (χ1) is 12.5. The number of amides is 1. The molecule has 1 aromatic carbocycles. The Hall–Kier alpha value is -2.38. The number of hydrogen-bond donors (Lipinski definition) is 1. The van der Waals surface area contributed by atoms with Crippen LogP contribution in [0.2, 0.25) is 5.02 Å². The number of hydrogen-bond acceptors (Lipinski definition) is 6. The molecule has 0 radical (unpaired) electrons. The highest BCUT2D eigenvalue weighted by Gasteiger charge is 2.15. The fraction of sp³-hybridized carbons (Fsp3) is 0.278. The van der Waals surface area contributed by atoms with E-state index >= 15 is 0 Å². The van der Waals surface area contributed by atoms with Gasteiger partial charge in [0, 0.05) is 15.8 Å². The molecule has 0 unspecified atom stereocenters. The number of methoxy groups -OCH3 is 1. The summed E-state index contributed by atoms with van der Waals surface area (Å²) in [5.41, 5.74) is 0.437. The van der Waals surface area contributed by atoms with Gasteiger partial charge in [-0.2, -0.15) is 4.98 Å². The smallest absolute Gasteiger partial charge is 0.268 e. The van der Waals surface area contributed by atoms with E-state index in [1.54, 1.807) is 18.2 Å². The molecule has 0 bridgehead atoms. The molecule has 3 rings (SSSR count). The number of aromatic nitrogens is 2. The highest BCUT2D eigenvalue weighted by Crippen LogP contribution is 2.28. The van der Waals surface area contributed by atoms with E-state index in [0.717, 1.165) is 9.75 Å². The van der Waals surface area contributed by atoms with E-state index in [1.165, 1.54) is 18.4 Å². The molecule has 0 aliphatic carbocycles. The van der Waals surface area contributed by atoms with Gasteiger partial charge in [-0.25, -0.2) is 0 Å². The first-order valence-electron chi connectivity index (χ1n) is 8.02. The lowest BCUT2D eigenvalue weighted by molar-refractivity contribution is 0.0948. The van der Waals surface area contributed by atoms with Crippen molar-refractivity contribution in [2.24, 2.45) is 0 Å². The van der Waals surface area contributed by atoms with Crippen molar-refractivity contribution in [2.45, 2.75) is 26.3 Å². The van der Waals surface area contributed by atoms with Crippen molar-refractivity contribution >= 4 is 28.8 Å². The number of halogens is 1. The number of nitrogens with zero attached hydrogens (tertiary/aromatic N) is 2. The molecule has 0 saturated heterocycles. The third kappa shape index (κ3) is 4.05. The fourth-order valence-electron chi connectivity index (χ4n) is 2.27. The highest BCUT2D eigenvalue weighted by molar-refractivity contribution is 7.15. The molecule has 0 fully saturated rings.